The number of hydrogen-bond acceptors (Lipinski definition) is 3. The Kier molecular flexibility index (Phi) is 3.92. The van der Waals surface area contributed by atoms with Crippen LogP contribution in [-0.4, -0.2) is 38.0 Å². The summed E-state index contributed by atoms with van der Waals surface area (Å²) in [5.41, 5.74) is 1.04. The summed E-state index contributed by atoms with van der Waals surface area (Å²) in [6, 6.07) is 5.37. The van der Waals surface area contributed by atoms with E-state index >= 15 is 0 Å². The van der Waals surface area contributed by atoms with E-state index in [2.05, 4.69) is 15.9 Å². The van der Waals surface area contributed by atoms with Crippen molar-refractivity contribution in [2.75, 3.05) is 13.2 Å². The van der Waals surface area contributed by atoms with Crippen molar-refractivity contribution in [1.29, 1.82) is 0 Å². The second-order valence-corrected chi connectivity index (χ2v) is 8.17. The third-order valence-corrected chi connectivity index (χ3v) is 7.01. The fourth-order valence-corrected chi connectivity index (χ4v) is 5.95. The summed E-state index contributed by atoms with van der Waals surface area (Å²) in [7, 11) is -3.46. The first-order valence-corrected chi connectivity index (χ1v) is 9.13. The largest absolute Gasteiger partial charge is 0.375 e. The minimum absolute atomic E-state index is 0.00181. The van der Waals surface area contributed by atoms with Crippen molar-refractivity contribution in [3.8, 4) is 0 Å². The minimum atomic E-state index is -3.46. The van der Waals surface area contributed by atoms with Crippen molar-refractivity contribution in [1.82, 2.24) is 4.31 Å². The summed E-state index contributed by atoms with van der Waals surface area (Å²) in [6.45, 7) is 2.89. The molecule has 0 spiro atoms. The number of rotatable bonds is 2. The highest BCUT2D eigenvalue weighted by Crippen LogP contribution is 2.35. The van der Waals surface area contributed by atoms with Gasteiger partial charge in [-0.25, -0.2) is 8.42 Å². The molecule has 0 N–H and O–H groups in total. The minimum Gasteiger partial charge on any atom is -0.375 e. The lowest BCUT2D eigenvalue weighted by molar-refractivity contribution is -0.0241. The van der Waals surface area contributed by atoms with Gasteiger partial charge in [0.2, 0.25) is 10.0 Å². The van der Waals surface area contributed by atoms with Crippen molar-refractivity contribution in [2.45, 2.75) is 43.2 Å². The monoisotopic (exact) mass is 359 g/mol. The fourth-order valence-electron chi connectivity index (χ4n) is 3.13. The molecule has 4 nitrogen and oxygen atoms in total. The van der Waals surface area contributed by atoms with Gasteiger partial charge in [-0.3, -0.25) is 0 Å². The van der Waals surface area contributed by atoms with Gasteiger partial charge in [0.15, 0.2) is 0 Å². The van der Waals surface area contributed by atoms with E-state index in [1.807, 2.05) is 19.1 Å². The highest BCUT2D eigenvalue weighted by atomic mass is 79.9. The standard InChI is InChI=1S/C14H18BrNO3S/c1-10-5-6-14(11(15)9-10)20(17,18)16-7-8-19-13-4-2-3-12(13)16/h5-6,9,12-13H,2-4,7-8H2,1H3. The number of sulfonamides is 1. The van der Waals surface area contributed by atoms with Gasteiger partial charge in [0.05, 0.1) is 23.6 Å². The lowest BCUT2D eigenvalue weighted by Crippen LogP contribution is -2.51. The molecule has 1 aliphatic heterocycles. The molecule has 2 unspecified atom stereocenters. The molecule has 0 radical (unpaired) electrons. The Hall–Kier alpha value is -0.430. The molecular formula is C14H18BrNO3S. The van der Waals surface area contributed by atoms with Crippen LogP contribution in [0, 0.1) is 6.92 Å². The number of aryl methyl sites for hydroxylation is 1. The second kappa shape index (κ2) is 5.40. The van der Waals surface area contributed by atoms with Crippen molar-refractivity contribution < 1.29 is 13.2 Å². The number of ether oxygens (including phenoxy) is 1. The molecule has 1 aromatic rings. The van der Waals surface area contributed by atoms with Crippen molar-refractivity contribution in [3.63, 3.8) is 0 Å². The first-order chi connectivity index (χ1) is 9.50. The van der Waals surface area contributed by atoms with Gasteiger partial charge >= 0.3 is 0 Å². The Balaban J connectivity index is 1.98. The van der Waals surface area contributed by atoms with Crippen LogP contribution >= 0.6 is 15.9 Å². The number of morpholine rings is 1. The Labute approximate surface area is 128 Å². The van der Waals surface area contributed by atoms with Crippen LogP contribution < -0.4 is 0 Å². The van der Waals surface area contributed by atoms with Gasteiger partial charge in [-0.05, 0) is 59.8 Å². The van der Waals surface area contributed by atoms with E-state index in [0.717, 1.165) is 24.8 Å². The summed E-state index contributed by atoms with van der Waals surface area (Å²) in [6.07, 6.45) is 2.97. The van der Waals surface area contributed by atoms with Crippen LogP contribution in [0.1, 0.15) is 24.8 Å². The number of hydrogen-bond donors (Lipinski definition) is 0. The molecule has 20 heavy (non-hydrogen) atoms. The first-order valence-electron chi connectivity index (χ1n) is 6.90. The number of benzene rings is 1. The van der Waals surface area contributed by atoms with Gasteiger partial charge in [-0.15, -0.1) is 0 Å². The lowest BCUT2D eigenvalue weighted by atomic mass is 10.2. The molecule has 0 amide bonds. The predicted octanol–water partition coefficient (Wildman–Crippen LogP) is 2.70. The molecule has 1 aromatic carbocycles. The molecule has 1 saturated carbocycles. The maximum absolute atomic E-state index is 12.9. The van der Waals surface area contributed by atoms with Crippen LogP contribution in [0.4, 0.5) is 0 Å². The third kappa shape index (κ3) is 2.43. The van der Waals surface area contributed by atoms with E-state index in [-0.39, 0.29) is 12.1 Å². The highest BCUT2D eigenvalue weighted by Gasteiger charge is 2.42. The maximum atomic E-state index is 12.9. The van der Waals surface area contributed by atoms with Gasteiger partial charge in [0.1, 0.15) is 0 Å². The molecular weight excluding hydrogens is 342 g/mol. The molecule has 110 valence electrons. The van der Waals surface area contributed by atoms with Crippen LogP contribution in [0.25, 0.3) is 0 Å². The molecule has 3 rings (SSSR count). The van der Waals surface area contributed by atoms with E-state index in [1.54, 1.807) is 10.4 Å². The molecule has 2 atom stereocenters. The zero-order valence-electron chi connectivity index (χ0n) is 11.4. The van der Waals surface area contributed by atoms with Gasteiger partial charge in [-0.2, -0.15) is 4.31 Å². The zero-order chi connectivity index (χ0) is 14.3. The molecule has 6 heteroatoms. The summed E-state index contributed by atoms with van der Waals surface area (Å²) < 4.78 is 33.8. The van der Waals surface area contributed by atoms with Crippen LogP contribution in [0.15, 0.2) is 27.6 Å². The highest BCUT2D eigenvalue weighted by molar-refractivity contribution is 9.10. The van der Waals surface area contributed by atoms with Crippen LogP contribution in [0.2, 0.25) is 0 Å². The van der Waals surface area contributed by atoms with Crippen molar-refractivity contribution in [3.05, 3.63) is 28.2 Å². The molecule has 1 aliphatic carbocycles. The van der Waals surface area contributed by atoms with E-state index in [1.165, 1.54) is 0 Å². The number of halogens is 1. The summed E-state index contributed by atoms with van der Waals surface area (Å²) >= 11 is 3.39. The summed E-state index contributed by atoms with van der Waals surface area (Å²) in [5, 5.41) is 0. The van der Waals surface area contributed by atoms with Crippen LogP contribution in [0.3, 0.4) is 0 Å². The van der Waals surface area contributed by atoms with Crippen LogP contribution in [0.5, 0.6) is 0 Å². The van der Waals surface area contributed by atoms with E-state index in [4.69, 9.17) is 4.74 Å². The topological polar surface area (TPSA) is 46.6 Å². The predicted molar refractivity (Wildman–Crippen MR) is 80.1 cm³/mol. The molecule has 2 fully saturated rings. The number of nitrogens with zero attached hydrogens (tertiary/aromatic N) is 1. The quantitative estimate of drug-likeness (QED) is 0.815. The molecule has 0 aromatic heterocycles. The van der Waals surface area contributed by atoms with E-state index in [0.29, 0.717) is 22.5 Å². The first kappa shape index (κ1) is 14.5. The molecule has 1 heterocycles. The molecule has 1 saturated heterocycles. The van der Waals surface area contributed by atoms with Gasteiger partial charge < -0.3 is 4.74 Å². The smallest absolute Gasteiger partial charge is 0.244 e. The number of fused-ring (bicyclic) bond motifs is 1. The third-order valence-electron chi connectivity index (χ3n) is 4.11. The summed E-state index contributed by atoms with van der Waals surface area (Å²) in [5.74, 6) is 0. The Bertz CT molecular complexity index is 617. The lowest BCUT2D eigenvalue weighted by Gasteiger charge is -2.36. The van der Waals surface area contributed by atoms with Crippen LogP contribution in [-0.2, 0) is 14.8 Å². The average Bonchev–Trinajstić information content (AvgIpc) is 2.85. The second-order valence-electron chi connectivity index (χ2n) is 5.46. The summed E-state index contributed by atoms with van der Waals surface area (Å²) in [4.78, 5) is 0.357. The van der Waals surface area contributed by atoms with E-state index < -0.39 is 10.0 Å². The van der Waals surface area contributed by atoms with Gasteiger partial charge in [0.25, 0.3) is 0 Å². The van der Waals surface area contributed by atoms with Crippen molar-refractivity contribution in [2.24, 2.45) is 0 Å². The molecule has 2 aliphatic rings. The van der Waals surface area contributed by atoms with Crippen molar-refractivity contribution >= 4 is 26.0 Å². The average molecular weight is 360 g/mol. The van der Waals surface area contributed by atoms with E-state index in [9.17, 15) is 8.42 Å². The Morgan fingerprint density at radius 3 is 2.90 bits per heavy atom. The zero-order valence-corrected chi connectivity index (χ0v) is 13.8. The fraction of sp³-hybridized carbons (Fsp3) is 0.571. The Morgan fingerprint density at radius 2 is 2.15 bits per heavy atom. The van der Waals surface area contributed by atoms with Gasteiger partial charge in [-0.1, -0.05) is 6.07 Å². The SMILES string of the molecule is Cc1ccc(S(=O)(=O)N2CCOC3CCCC32)c(Br)c1. The maximum Gasteiger partial charge on any atom is 0.244 e. The normalized spacial score (nSPS) is 27.5. The molecule has 0 bridgehead atoms. The Morgan fingerprint density at radius 1 is 1.35 bits per heavy atom. The van der Waals surface area contributed by atoms with Gasteiger partial charge in [0, 0.05) is 11.0 Å².